The predicted molar refractivity (Wildman–Crippen MR) is 107 cm³/mol. The Morgan fingerprint density at radius 1 is 0.444 bits per heavy atom. The van der Waals surface area contributed by atoms with Crippen molar-refractivity contribution in [3.8, 4) is 22.3 Å². The van der Waals surface area contributed by atoms with E-state index in [9.17, 15) is 8.78 Å². The minimum atomic E-state index is -0.234. The molecule has 3 heteroatoms. The van der Waals surface area contributed by atoms with Gasteiger partial charge in [-0.1, -0.05) is 60.7 Å². The van der Waals surface area contributed by atoms with Gasteiger partial charge in [-0.3, -0.25) is 0 Å². The number of hydrogen-bond donors (Lipinski definition) is 1. The zero-order valence-corrected chi connectivity index (χ0v) is 14.5. The summed E-state index contributed by atoms with van der Waals surface area (Å²) in [5.41, 5.74) is 4.61. The van der Waals surface area contributed by atoms with E-state index in [-0.39, 0.29) is 11.6 Å². The number of benzene rings is 4. The van der Waals surface area contributed by atoms with Crippen LogP contribution in [0.3, 0.4) is 0 Å². The Bertz CT molecular complexity index is 967. The molecule has 0 spiro atoms. The highest BCUT2D eigenvalue weighted by atomic mass is 19.1. The molecule has 1 nitrogen and oxygen atoms in total. The van der Waals surface area contributed by atoms with Gasteiger partial charge in [0.1, 0.15) is 11.6 Å². The third-order valence-electron chi connectivity index (χ3n) is 4.43. The van der Waals surface area contributed by atoms with Crippen molar-refractivity contribution in [3.63, 3.8) is 0 Å². The van der Waals surface area contributed by atoms with Gasteiger partial charge in [0.15, 0.2) is 0 Å². The fraction of sp³-hybridized carbons (Fsp3) is 0. The lowest BCUT2D eigenvalue weighted by atomic mass is 10.0. The summed E-state index contributed by atoms with van der Waals surface area (Å²) in [6.45, 7) is 0. The average molecular weight is 357 g/mol. The fourth-order valence-electron chi connectivity index (χ4n) is 3.02. The molecule has 0 aliphatic heterocycles. The van der Waals surface area contributed by atoms with E-state index in [2.05, 4.69) is 5.32 Å². The summed E-state index contributed by atoms with van der Waals surface area (Å²) in [5, 5.41) is 3.30. The van der Waals surface area contributed by atoms with Gasteiger partial charge >= 0.3 is 0 Å². The lowest BCUT2D eigenvalue weighted by molar-refractivity contribution is 0.631. The van der Waals surface area contributed by atoms with Gasteiger partial charge in [0.25, 0.3) is 0 Å². The van der Waals surface area contributed by atoms with Crippen LogP contribution in [0.1, 0.15) is 0 Å². The van der Waals surface area contributed by atoms with E-state index in [1.54, 1.807) is 24.3 Å². The summed E-state index contributed by atoms with van der Waals surface area (Å²) >= 11 is 0. The van der Waals surface area contributed by atoms with Crippen LogP contribution >= 0.6 is 0 Å². The van der Waals surface area contributed by atoms with Gasteiger partial charge in [0.05, 0.1) is 0 Å². The lowest BCUT2D eigenvalue weighted by Crippen LogP contribution is -1.91. The third-order valence-corrected chi connectivity index (χ3v) is 4.43. The van der Waals surface area contributed by atoms with Crippen molar-refractivity contribution < 1.29 is 8.78 Å². The van der Waals surface area contributed by atoms with Crippen molar-refractivity contribution in [2.45, 2.75) is 0 Å². The molecular weight excluding hydrogens is 340 g/mol. The molecule has 0 atom stereocenters. The molecule has 0 aliphatic carbocycles. The van der Waals surface area contributed by atoms with Crippen LogP contribution in [0.15, 0.2) is 97.1 Å². The van der Waals surface area contributed by atoms with Crippen molar-refractivity contribution in [1.29, 1.82) is 0 Å². The Morgan fingerprint density at radius 3 is 1.19 bits per heavy atom. The maximum Gasteiger partial charge on any atom is 0.131 e. The van der Waals surface area contributed by atoms with Gasteiger partial charge in [0, 0.05) is 22.5 Å². The summed E-state index contributed by atoms with van der Waals surface area (Å²) in [6.07, 6.45) is 0. The quantitative estimate of drug-likeness (QED) is 0.413. The highest BCUT2D eigenvalue weighted by Crippen LogP contribution is 2.27. The standard InChI is InChI=1S/C24H17F2N/c25-23-7-3-1-5-21(23)17-9-13-19(14-10-17)27-20-15-11-18(12-16-20)22-6-2-4-8-24(22)26/h1-16,27H. The van der Waals surface area contributed by atoms with E-state index >= 15 is 0 Å². The largest absolute Gasteiger partial charge is 0.356 e. The molecule has 0 saturated heterocycles. The maximum absolute atomic E-state index is 13.9. The van der Waals surface area contributed by atoms with E-state index in [4.69, 9.17) is 0 Å². The molecule has 4 rings (SSSR count). The monoisotopic (exact) mass is 357 g/mol. The second-order valence-electron chi connectivity index (χ2n) is 6.24. The van der Waals surface area contributed by atoms with Gasteiger partial charge in [-0.15, -0.1) is 0 Å². The van der Waals surface area contributed by atoms with Gasteiger partial charge < -0.3 is 5.32 Å². The predicted octanol–water partition coefficient (Wildman–Crippen LogP) is 7.04. The molecule has 0 unspecified atom stereocenters. The van der Waals surface area contributed by atoms with Crippen LogP contribution < -0.4 is 5.32 Å². The first-order valence-corrected chi connectivity index (χ1v) is 8.68. The molecule has 0 radical (unpaired) electrons. The van der Waals surface area contributed by atoms with E-state index in [1.165, 1.54) is 12.1 Å². The number of rotatable bonds is 4. The number of hydrogen-bond acceptors (Lipinski definition) is 1. The van der Waals surface area contributed by atoms with Crippen molar-refractivity contribution in [1.82, 2.24) is 0 Å². The number of halogens is 2. The minimum Gasteiger partial charge on any atom is -0.356 e. The average Bonchev–Trinajstić information content (AvgIpc) is 2.70. The molecule has 4 aromatic carbocycles. The molecule has 0 saturated carbocycles. The highest BCUT2D eigenvalue weighted by Gasteiger charge is 2.05. The number of nitrogens with one attached hydrogen (secondary N) is 1. The van der Waals surface area contributed by atoms with Crippen LogP contribution in [0.5, 0.6) is 0 Å². The highest BCUT2D eigenvalue weighted by molar-refractivity contribution is 5.71. The van der Waals surface area contributed by atoms with Crippen LogP contribution in [-0.4, -0.2) is 0 Å². The Morgan fingerprint density at radius 2 is 0.815 bits per heavy atom. The molecule has 4 aromatic rings. The first kappa shape index (κ1) is 17.0. The zero-order valence-electron chi connectivity index (χ0n) is 14.5. The third kappa shape index (κ3) is 3.72. The van der Waals surface area contributed by atoms with Crippen LogP contribution in [0, 0.1) is 11.6 Å². The van der Waals surface area contributed by atoms with Crippen molar-refractivity contribution in [2.75, 3.05) is 5.32 Å². The number of anilines is 2. The first-order valence-electron chi connectivity index (χ1n) is 8.68. The topological polar surface area (TPSA) is 12.0 Å². The van der Waals surface area contributed by atoms with E-state index in [1.807, 2.05) is 60.7 Å². The SMILES string of the molecule is Fc1ccccc1-c1ccc(Nc2ccc(-c3ccccc3F)cc2)cc1. The first-order chi connectivity index (χ1) is 13.2. The summed E-state index contributed by atoms with van der Waals surface area (Å²) in [7, 11) is 0. The molecule has 0 aliphatic rings. The smallest absolute Gasteiger partial charge is 0.131 e. The van der Waals surface area contributed by atoms with E-state index < -0.39 is 0 Å². The molecule has 27 heavy (non-hydrogen) atoms. The Labute approximate surface area is 156 Å². The van der Waals surface area contributed by atoms with Crippen LogP contribution in [0.2, 0.25) is 0 Å². The maximum atomic E-state index is 13.9. The summed E-state index contributed by atoms with van der Waals surface area (Å²) in [6, 6.07) is 28.6. The van der Waals surface area contributed by atoms with Gasteiger partial charge in [-0.2, -0.15) is 0 Å². The molecule has 132 valence electrons. The summed E-state index contributed by atoms with van der Waals surface area (Å²) in [5.74, 6) is -0.469. The van der Waals surface area contributed by atoms with Crippen LogP contribution in [0.4, 0.5) is 20.2 Å². The normalized spacial score (nSPS) is 10.6. The second kappa shape index (κ2) is 7.42. The van der Waals surface area contributed by atoms with Crippen LogP contribution in [-0.2, 0) is 0 Å². The van der Waals surface area contributed by atoms with E-state index in [0.717, 1.165) is 22.5 Å². The molecular formula is C24H17F2N. The molecule has 0 aromatic heterocycles. The molecule has 1 N–H and O–H groups in total. The Kier molecular flexibility index (Phi) is 4.67. The summed E-state index contributed by atoms with van der Waals surface area (Å²) in [4.78, 5) is 0. The fourth-order valence-corrected chi connectivity index (χ4v) is 3.02. The van der Waals surface area contributed by atoms with Gasteiger partial charge in [-0.25, -0.2) is 8.78 Å². The zero-order chi connectivity index (χ0) is 18.6. The van der Waals surface area contributed by atoms with Gasteiger partial charge in [0.2, 0.25) is 0 Å². The van der Waals surface area contributed by atoms with Crippen molar-refractivity contribution in [2.24, 2.45) is 0 Å². The molecule has 0 fully saturated rings. The lowest BCUT2D eigenvalue weighted by Gasteiger charge is -2.10. The van der Waals surface area contributed by atoms with Crippen molar-refractivity contribution >= 4 is 11.4 Å². The van der Waals surface area contributed by atoms with Crippen LogP contribution in [0.25, 0.3) is 22.3 Å². The molecule has 0 bridgehead atoms. The minimum absolute atomic E-state index is 0.234. The van der Waals surface area contributed by atoms with Crippen molar-refractivity contribution in [3.05, 3.63) is 109 Å². The summed E-state index contributed by atoms with van der Waals surface area (Å²) < 4.78 is 27.8. The van der Waals surface area contributed by atoms with E-state index in [0.29, 0.717) is 11.1 Å². The molecule has 0 heterocycles. The second-order valence-corrected chi connectivity index (χ2v) is 6.24. The Hall–Kier alpha value is -3.46. The molecule has 0 amide bonds. The van der Waals surface area contributed by atoms with Gasteiger partial charge in [-0.05, 0) is 47.5 Å². The Balaban J connectivity index is 1.51.